The van der Waals surface area contributed by atoms with Gasteiger partial charge < -0.3 is 15.0 Å². The van der Waals surface area contributed by atoms with Crippen LogP contribution in [0, 0.1) is 0 Å². The number of likely N-dealkylation sites (N-methyl/N-ethyl adjacent to an activating group) is 1. The quantitative estimate of drug-likeness (QED) is 0.858. The van der Waals surface area contributed by atoms with Crippen molar-refractivity contribution in [1.29, 1.82) is 0 Å². The number of hydrogen-bond acceptors (Lipinski definition) is 5. The fourth-order valence-corrected chi connectivity index (χ4v) is 4.21. The van der Waals surface area contributed by atoms with E-state index in [9.17, 15) is 8.42 Å². The molecular weight excluding hydrogens is 288 g/mol. The van der Waals surface area contributed by atoms with E-state index >= 15 is 0 Å². The minimum atomic E-state index is -3.22. The number of ether oxygens (including phenoxy) is 1. The highest BCUT2D eigenvalue weighted by Crippen LogP contribution is 2.27. The summed E-state index contributed by atoms with van der Waals surface area (Å²) in [7, 11) is -1.33. The standard InChI is InChI=1S/C15H24N2O3S/c1-3-10-21(18,19)15-7-5-4-6-14(15)17-8-9-20-13(12-17)11-16-2/h4-7,13,16H,3,8-12H2,1-2H3. The maximum atomic E-state index is 12.4. The van der Waals surface area contributed by atoms with Crippen molar-refractivity contribution in [1.82, 2.24) is 5.32 Å². The Morgan fingerprint density at radius 3 is 2.86 bits per heavy atom. The third-order valence-corrected chi connectivity index (χ3v) is 5.55. The number of rotatable bonds is 6. The summed E-state index contributed by atoms with van der Waals surface area (Å²) in [6.07, 6.45) is 0.716. The summed E-state index contributed by atoms with van der Waals surface area (Å²) in [6.45, 7) is 4.70. The van der Waals surface area contributed by atoms with Crippen LogP contribution in [0.3, 0.4) is 0 Å². The third kappa shape index (κ3) is 3.96. The Kier molecular flexibility index (Phi) is 5.61. The Morgan fingerprint density at radius 2 is 2.14 bits per heavy atom. The molecular formula is C15H24N2O3S. The van der Waals surface area contributed by atoms with E-state index in [1.54, 1.807) is 12.1 Å². The van der Waals surface area contributed by atoms with Crippen molar-refractivity contribution in [2.24, 2.45) is 0 Å². The average molecular weight is 312 g/mol. The van der Waals surface area contributed by atoms with E-state index in [1.807, 2.05) is 26.1 Å². The van der Waals surface area contributed by atoms with Crippen molar-refractivity contribution >= 4 is 15.5 Å². The summed E-state index contributed by atoms with van der Waals surface area (Å²) in [5.74, 6) is 0.189. The lowest BCUT2D eigenvalue weighted by Gasteiger charge is -2.35. The van der Waals surface area contributed by atoms with Gasteiger partial charge in [-0.25, -0.2) is 8.42 Å². The van der Waals surface area contributed by atoms with Crippen molar-refractivity contribution in [2.75, 3.05) is 43.9 Å². The largest absolute Gasteiger partial charge is 0.373 e. The van der Waals surface area contributed by atoms with Crippen molar-refractivity contribution in [2.45, 2.75) is 24.3 Å². The van der Waals surface area contributed by atoms with E-state index in [-0.39, 0.29) is 11.9 Å². The van der Waals surface area contributed by atoms with Crippen molar-refractivity contribution in [3.63, 3.8) is 0 Å². The van der Waals surface area contributed by atoms with Gasteiger partial charge in [0.05, 0.1) is 29.0 Å². The second-order valence-electron chi connectivity index (χ2n) is 5.28. The molecule has 0 spiro atoms. The van der Waals surface area contributed by atoms with E-state index in [0.717, 1.165) is 18.8 Å². The SMILES string of the molecule is CCCS(=O)(=O)c1ccccc1N1CCOC(CNC)C1. The monoisotopic (exact) mass is 312 g/mol. The van der Waals surface area contributed by atoms with Crippen molar-refractivity contribution < 1.29 is 13.2 Å². The molecule has 0 aliphatic carbocycles. The van der Waals surface area contributed by atoms with E-state index in [4.69, 9.17) is 4.74 Å². The van der Waals surface area contributed by atoms with Gasteiger partial charge in [0.1, 0.15) is 0 Å². The molecule has 1 N–H and O–H groups in total. The molecule has 1 saturated heterocycles. The normalized spacial score (nSPS) is 19.7. The number of para-hydroxylation sites is 1. The Hall–Kier alpha value is -1.11. The van der Waals surface area contributed by atoms with Gasteiger partial charge >= 0.3 is 0 Å². The predicted octanol–water partition coefficient (Wildman–Crippen LogP) is 1.29. The number of sulfone groups is 1. The number of nitrogens with zero attached hydrogens (tertiary/aromatic N) is 1. The first-order valence-electron chi connectivity index (χ1n) is 7.41. The first-order valence-corrected chi connectivity index (χ1v) is 9.06. The van der Waals surface area contributed by atoms with Crippen LogP contribution in [-0.2, 0) is 14.6 Å². The van der Waals surface area contributed by atoms with Crippen LogP contribution in [0.2, 0.25) is 0 Å². The highest BCUT2D eigenvalue weighted by atomic mass is 32.2. The van der Waals surface area contributed by atoms with Crippen LogP contribution < -0.4 is 10.2 Å². The van der Waals surface area contributed by atoms with E-state index in [1.165, 1.54) is 0 Å². The van der Waals surface area contributed by atoms with E-state index in [2.05, 4.69) is 10.2 Å². The van der Waals surface area contributed by atoms with E-state index < -0.39 is 9.84 Å². The Balaban J connectivity index is 2.27. The fraction of sp³-hybridized carbons (Fsp3) is 0.600. The third-order valence-electron chi connectivity index (χ3n) is 3.58. The topological polar surface area (TPSA) is 58.6 Å². The zero-order valence-electron chi connectivity index (χ0n) is 12.7. The first kappa shape index (κ1) is 16.3. The Labute approximate surface area is 127 Å². The van der Waals surface area contributed by atoms with Gasteiger partial charge in [-0.2, -0.15) is 0 Å². The Bertz CT molecular complexity index is 558. The first-order chi connectivity index (χ1) is 10.1. The molecule has 1 atom stereocenters. The molecule has 0 radical (unpaired) electrons. The van der Waals surface area contributed by atoms with Gasteiger partial charge in [0.2, 0.25) is 0 Å². The lowest BCUT2D eigenvalue weighted by Crippen LogP contribution is -2.46. The predicted molar refractivity (Wildman–Crippen MR) is 84.7 cm³/mol. The van der Waals surface area contributed by atoms with Gasteiger partial charge in [-0.05, 0) is 25.6 Å². The average Bonchev–Trinajstić information content (AvgIpc) is 2.48. The van der Waals surface area contributed by atoms with Crippen LogP contribution in [0.1, 0.15) is 13.3 Å². The fourth-order valence-electron chi connectivity index (χ4n) is 2.65. The summed E-state index contributed by atoms with van der Waals surface area (Å²) in [5, 5.41) is 3.10. The molecule has 5 nitrogen and oxygen atoms in total. The molecule has 1 fully saturated rings. The number of anilines is 1. The minimum Gasteiger partial charge on any atom is -0.373 e. The van der Waals surface area contributed by atoms with Crippen LogP contribution in [-0.4, -0.2) is 53.6 Å². The minimum absolute atomic E-state index is 0.0886. The number of nitrogens with one attached hydrogen (secondary N) is 1. The molecule has 118 valence electrons. The molecule has 0 aromatic heterocycles. The number of morpholine rings is 1. The van der Waals surface area contributed by atoms with Crippen molar-refractivity contribution in [3.05, 3.63) is 24.3 Å². The van der Waals surface area contributed by atoms with Gasteiger partial charge in [-0.3, -0.25) is 0 Å². The number of hydrogen-bond donors (Lipinski definition) is 1. The zero-order chi connectivity index (χ0) is 15.3. The van der Waals surface area contributed by atoms with Crippen LogP contribution >= 0.6 is 0 Å². The second-order valence-corrected chi connectivity index (χ2v) is 7.36. The van der Waals surface area contributed by atoms with Crippen LogP contribution in [0.15, 0.2) is 29.2 Å². The lowest BCUT2D eigenvalue weighted by atomic mass is 10.2. The highest BCUT2D eigenvalue weighted by molar-refractivity contribution is 7.91. The highest BCUT2D eigenvalue weighted by Gasteiger charge is 2.25. The molecule has 1 aliphatic rings. The Morgan fingerprint density at radius 1 is 1.38 bits per heavy atom. The molecule has 1 aliphatic heterocycles. The molecule has 0 bridgehead atoms. The summed E-state index contributed by atoms with van der Waals surface area (Å²) < 4.78 is 30.6. The molecule has 6 heteroatoms. The molecule has 0 saturated carbocycles. The van der Waals surface area contributed by atoms with Gasteiger partial charge in [0, 0.05) is 19.6 Å². The van der Waals surface area contributed by atoms with Gasteiger partial charge in [0.15, 0.2) is 9.84 Å². The lowest BCUT2D eigenvalue weighted by molar-refractivity contribution is 0.0420. The summed E-state index contributed by atoms with van der Waals surface area (Å²) >= 11 is 0. The molecule has 1 aromatic rings. The zero-order valence-corrected chi connectivity index (χ0v) is 13.5. The van der Waals surface area contributed by atoms with Crippen molar-refractivity contribution in [3.8, 4) is 0 Å². The smallest absolute Gasteiger partial charge is 0.180 e. The van der Waals surface area contributed by atoms with Crippen LogP contribution in [0.5, 0.6) is 0 Å². The van der Waals surface area contributed by atoms with Crippen LogP contribution in [0.25, 0.3) is 0 Å². The summed E-state index contributed by atoms with van der Waals surface area (Å²) in [6, 6.07) is 7.29. The molecule has 1 unspecified atom stereocenters. The maximum Gasteiger partial charge on any atom is 0.180 e. The molecule has 1 aromatic carbocycles. The molecule has 0 amide bonds. The van der Waals surface area contributed by atoms with E-state index in [0.29, 0.717) is 24.5 Å². The summed E-state index contributed by atoms with van der Waals surface area (Å²) in [5.41, 5.74) is 0.801. The van der Waals surface area contributed by atoms with Gasteiger partial charge in [0.25, 0.3) is 0 Å². The molecule has 1 heterocycles. The van der Waals surface area contributed by atoms with Gasteiger partial charge in [-0.1, -0.05) is 19.1 Å². The number of benzene rings is 1. The molecule has 2 rings (SSSR count). The summed E-state index contributed by atoms with van der Waals surface area (Å²) in [4.78, 5) is 2.56. The van der Waals surface area contributed by atoms with Crippen LogP contribution in [0.4, 0.5) is 5.69 Å². The second kappa shape index (κ2) is 7.24. The van der Waals surface area contributed by atoms with Gasteiger partial charge in [-0.15, -0.1) is 0 Å². The maximum absolute atomic E-state index is 12.4. The molecule has 21 heavy (non-hydrogen) atoms.